The van der Waals surface area contributed by atoms with Crippen molar-refractivity contribution in [3.63, 3.8) is 0 Å². The van der Waals surface area contributed by atoms with E-state index in [1.807, 2.05) is 52.0 Å². The van der Waals surface area contributed by atoms with Crippen LogP contribution in [-0.4, -0.2) is 65.8 Å². The molecule has 1 aromatic rings. The third kappa shape index (κ3) is 5.21. The highest BCUT2D eigenvalue weighted by Crippen LogP contribution is 2.37. The molecule has 180 valence electrons. The summed E-state index contributed by atoms with van der Waals surface area (Å²) < 4.78 is 6.07. The van der Waals surface area contributed by atoms with Crippen LogP contribution in [-0.2, 0) is 20.7 Å². The van der Waals surface area contributed by atoms with E-state index in [0.717, 1.165) is 17.7 Å². The van der Waals surface area contributed by atoms with Crippen LogP contribution in [0.5, 0.6) is 0 Å². The van der Waals surface area contributed by atoms with Gasteiger partial charge in [0.1, 0.15) is 0 Å². The van der Waals surface area contributed by atoms with Crippen molar-refractivity contribution < 1.29 is 24.2 Å². The molecular formula is C25H35N3O5. The normalized spacial score (nSPS) is 22.1. The van der Waals surface area contributed by atoms with Crippen molar-refractivity contribution in [1.29, 1.82) is 0 Å². The molecule has 2 N–H and O–H groups in total. The van der Waals surface area contributed by atoms with Crippen molar-refractivity contribution in [2.24, 2.45) is 5.41 Å². The molecule has 0 aromatic heterocycles. The van der Waals surface area contributed by atoms with Crippen molar-refractivity contribution in [2.45, 2.75) is 58.6 Å². The van der Waals surface area contributed by atoms with Crippen LogP contribution in [0.1, 0.15) is 46.1 Å². The molecule has 8 nitrogen and oxygen atoms in total. The summed E-state index contributed by atoms with van der Waals surface area (Å²) in [6, 6.07) is 7.47. The molecule has 8 heteroatoms. The molecule has 0 spiro atoms. The fraction of sp³-hybridized carbons (Fsp3) is 0.560. The summed E-state index contributed by atoms with van der Waals surface area (Å²) in [5.74, 6) is -0.487. The minimum atomic E-state index is -1.33. The number of amides is 3. The summed E-state index contributed by atoms with van der Waals surface area (Å²) >= 11 is 0. The van der Waals surface area contributed by atoms with Gasteiger partial charge in [-0.1, -0.05) is 52.0 Å². The first kappa shape index (κ1) is 24.8. The lowest BCUT2D eigenvalue weighted by atomic mass is 9.75. The lowest BCUT2D eigenvalue weighted by Crippen LogP contribution is -2.63. The van der Waals surface area contributed by atoms with E-state index in [1.165, 1.54) is 11.0 Å². The average Bonchev–Trinajstić information content (AvgIpc) is 3.05. The third-order valence-corrected chi connectivity index (χ3v) is 6.56. The fourth-order valence-corrected chi connectivity index (χ4v) is 4.42. The molecule has 0 radical (unpaired) electrons. The van der Waals surface area contributed by atoms with Gasteiger partial charge in [-0.05, 0) is 30.9 Å². The first-order valence-electron chi connectivity index (χ1n) is 11.6. The zero-order chi connectivity index (χ0) is 24.2. The van der Waals surface area contributed by atoms with Gasteiger partial charge < -0.3 is 25.0 Å². The predicted molar refractivity (Wildman–Crippen MR) is 126 cm³/mol. The SMILES string of the molecule is CC[C@@H](C=CC(=O)N1CCc2ccccc21)NC(=O)[C@]1(C(C)(C)C)CN(C(=O)O)CCCO1. The number of benzene rings is 1. The molecule has 0 bridgehead atoms. The van der Waals surface area contributed by atoms with Gasteiger partial charge in [0, 0.05) is 42.9 Å². The van der Waals surface area contributed by atoms with E-state index in [-0.39, 0.29) is 24.4 Å². The van der Waals surface area contributed by atoms with Gasteiger partial charge in [-0.2, -0.15) is 0 Å². The highest BCUT2D eigenvalue weighted by molar-refractivity contribution is 6.03. The van der Waals surface area contributed by atoms with Gasteiger partial charge in [-0.3, -0.25) is 9.59 Å². The van der Waals surface area contributed by atoms with E-state index < -0.39 is 17.1 Å². The molecule has 2 heterocycles. The van der Waals surface area contributed by atoms with Gasteiger partial charge >= 0.3 is 6.09 Å². The monoisotopic (exact) mass is 457 g/mol. The Labute approximate surface area is 195 Å². The predicted octanol–water partition coefficient (Wildman–Crippen LogP) is 3.21. The van der Waals surface area contributed by atoms with E-state index >= 15 is 0 Å². The molecule has 1 fully saturated rings. The quantitative estimate of drug-likeness (QED) is 0.662. The summed E-state index contributed by atoms with van der Waals surface area (Å²) in [7, 11) is 0. The fourth-order valence-electron chi connectivity index (χ4n) is 4.42. The van der Waals surface area contributed by atoms with Crippen molar-refractivity contribution in [2.75, 3.05) is 31.1 Å². The second-order valence-corrected chi connectivity index (χ2v) is 9.70. The number of fused-ring (bicyclic) bond motifs is 1. The minimum Gasteiger partial charge on any atom is -0.465 e. The smallest absolute Gasteiger partial charge is 0.407 e. The van der Waals surface area contributed by atoms with Crippen molar-refractivity contribution >= 4 is 23.6 Å². The molecule has 1 aromatic carbocycles. The van der Waals surface area contributed by atoms with Crippen LogP contribution in [0.15, 0.2) is 36.4 Å². The van der Waals surface area contributed by atoms with E-state index in [1.54, 1.807) is 11.0 Å². The zero-order valence-corrected chi connectivity index (χ0v) is 20.0. The largest absolute Gasteiger partial charge is 0.465 e. The number of carbonyl (C=O) groups is 3. The average molecular weight is 458 g/mol. The van der Waals surface area contributed by atoms with Gasteiger partial charge in [0.25, 0.3) is 11.8 Å². The van der Waals surface area contributed by atoms with Crippen LogP contribution < -0.4 is 10.2 Å². The summed E-state index contributed by atoms with van der Waals surface area (Å²) in [5.41, 5.74) is 0.101. The number of hydrogen-bond donors (Lipinski definition) is 2. The number of hydrogen-bond acceptors (Lipinski definition) is 4. The van der Waals surface area contributed by atoms with Crippen LogP contribution in [0.4, 0.5) is 10.5 Å². The third-order valence-electron chi connectivity index (χ3n) is 6.56. The number of nitrogens with one attached hydrogen (secondary N) is 1. The van der Waals surface area contributed by atoms with Gasteiger partial charge in [0.05, 0.1) is 6.54 Å². The Bertz CT molecular complexity index is 923. The van der Waals surface area contributed by atoms with E-state index in [9.17, 15) is 19.5 Å². The number of carboxylic acid groups (broad SMARTS) is 1. The minimum absolute atomic E-state index is 0.0404. The molecule has 2 aliphatic heterocycles. The highest BCUT2D eigenvalue weighted by Gasteiger charge is 2.52. The first-order chi connectivity index (χ1) is 15.6. The first-order valence-corrected chi connectivity index (χ1v) is 11.6. The van der Waals surface area contributed by atoms with E-state index in [0.29, 0.717) is 32.5 Å². The maximum atomic E-state index is 13.5. The Morgan fingerprint density at radius 2 is 1.97 bits per heavy atom. The van der Waals surface area contributed by atoms with Crippen molar-refractivity contribution in [1.82, 2.24) is 10.2 Å². The van der Waals surface area contributed by atoms with Crippen LogP contribution in [0.25, 0.3) is 0 Å². The van der Waals surface area contributed by atoms with Crippen molar-refractivity contribution in [3.8, 4) is 0 Å². The molecular weight excluding hydrogens is 422 g/mol. The number of anilines is 1. The second-order valence-electron chi connectivity index (χ2n) is 9.70. The molecule has 1 saturated heterocycles. The maximum Gasteiger partial charge on any atom is 0.407 e. The highest BCUT2D eigenvalue weighted by atomic mass is 16.5. The Morgan fingerprint density at radius 1 is 1.24 bits per heavy atom. The second kappa shape index (κ2) is 9.95. The maximum absolute atomic E-state index is 13.5. The molecule has 2 aliphatic rings. The summed E-state index contributed by atoms with van der Waals surface area (Å²) in [4.78, 5) is 41.1. The lowest BCUT2D eigenvalue weighted by molar-refractivity contribution is -0.165. The number of rotatable bonds is 5. The van der Waals surface area contributed by atoms with E-state index in [4.69, 9.17) is 4.74 Å². The summed E-state index contributed by atoms with van der Waals surface area (Å²) in [6.45, 7) is 8.78. The number of carbonyl (C=O) groups excluding carboxylic acids is 2. The van der Waals surface area contributed by atoms with Gasteiger partial charge in [-0.25, -0.2) is 4.79 Å². The molecule has 3 rings (SSSR count). The number of para-hydroxylation sites is 1. The Morgan fingerprint density at radius 3 is 2.64 bits per heavy atom. The van der Waals surface area contributed by atoms with Crippen LogP contribution in [0.3, 0.4) is 0 Å². The molecule has 33 heavy (non-hydrogen) atoms. The van der Waals surface area contributed by atoms with Crippen LogP contribution in [0, 0.1) is 5.41 Å². The number of nitrogens with zero attached hydrogens (tertiary/aromatic N) is 2. The van der Waals surface area contributed by atoms with Crippen LogP contribution >= 0.6 is 0 Å². The van der Waals surface area contributed by atoms with Crippen molar-refractivity contribution in [3.05, 3.63) is 42.0 Å². The molecule has 0 aliphatic carbocycles. The Balaban J connectivity index is 1.75. The molecule has 0 unspecified atom stereocenters. The van der Waals surface area contributed by atoms with Gasteiger partial charge in [0.15, 0.2) is 5.60 Å². The Kier molecular flexibility index (Phi) is 7.47. The number of ether oxygens (including phenoxy) is 1. The summed E-state index contributed by atoms with van der Waals surface area (Å²) in [5, 5.41) is 12.6. The van der Waals surface area contributed by atoms with E-state index in [2.05, 4.69) is 5.32 Å². The van der Waals surface area contributed by atoms with Gasteiger partial charge in [0.2, 0.25) is 0 Å². The zero-order valence-electron chi connectivity index (χ0n) is 20.0. The summed E-state index contributed by atoms with van der Waals surface area (Å²) in [6.07, 6.45) is 4.09. The molecule has 0 saturated carbocycles. The van der Waals surface area contributed by atoms with Gasteiger partial charge in [-0.15, -0.1) is 0 Å². The Hall–Kier alpha value is -2.87. The lowest BCUT2D eigenvalue weighted by Gasteiger charge is -2.44. The topological polar surface area (TPSA) is 99.2 Å². The van der Waals surface area contributed by atoms with Crippen LogP contribution in [0.2, 0.25) is 0 Å². The molecule has 2 atom stereocenters. The standard InChI is InChI=1S/C25H35N3O5/c1-5-19(11-12-21(29)28-15-13-18-9-6-7-10-20(18)28)26-22(30)25(24(2,3)4)17-27(23(31)32)14-8-16-33-25/h6-7,9-12,19H,5,8,13-17H2,1-4H3,(H,26,30)(H,31,32)/t19-,25-/m0/s1. The molecule has 3 amide bonds.